The number of aliphatic hydroxyl groups excluding tert-OH is 1. The van der Waals surface area contributed by atoms with E-state index in [2.05, 4.69) is 26.7 Å². The molecular weight excluding hydrogens is 356 g/mol. The Hall–Kier alpha value is -2.38. The summed E-state index contributed by atoms with van der Waals surface area (Å²) in [6.45, 7) is 8.13. The predicted octanol–water partition coefficient (Wildman–Crippen LogP) is 2.22. The molecule has 2 aromatic rings. The molecule has 0 bridgehead atoms. The normalized spacial score (nSPS) is 16.1. The van der Waals surface area contributed by atoms with Crippen LogP contribution in [-0.2, 0) is 6.42 Å². The van der Waals surface area contributed by atoms with Crippen LogP contribution in [0.3, 0.4) is 0 Å². The Bertz CT molecular complexity index is 791. The van der Waals surface area contributed by atoms with E-state index in [1.54, 1.807) is 14.2 Å². The van der Waals surface area contributed by atoms with Crippen molar-refractivity contribution in [3.63, 3.8) is 0 Å². The zero-order chi connectivity index (χ0) is 20.1. The van der Waals surface area contributed by atoms with Gasteiger partial charge in [0.25, 0.3) is 0 Å². The molecular formula is C21H30N4O3. The van der Waals surface area contributed by atoms with Gasteiger partial charge in [0.1, 0.15) is 23.1 Å². The van der Waals surface area contributed by atoms with Gasteiger partial charge in [0, 0.05) is 56.5 Å². The molecule has 1 aliphatic rings. The lowest BCUT2D eigenvalue weighted by atomic mass is 10.1. The van der Waals surface area contributed by atoms with Crippen LogP contribution in [0, 0.1) is 6.92 Å². The second-order valence-corrected chi connectivity index (χ2v) is 7.05. The van der Waals surface area contributed by atoms with Crippen molar-refractivity contribution in [1.82, 2.24) is 14.9 Å². The van der Waals surface area contributed by atoms with Crippen LogP contribution in [0.25, 0.3) is 0 Å². The van der Waals surface area contributed by atoms with Gasteiger partial charge in [0.05, 0.1) is 20.3 Å². The molecule has 1 aromatic carbocycles. The van der Waals surface area contributed by atoms with Crippen LogP contribution in [0.1, 0.15) is 30.1 Å². The van der Waals surface area contributed by atoms with Gasteiger partial charge in [-0.25, -0.2) is 9.97 Å². The first kappa shape index (κ1) is 20.4. The highest BCUT2D eigenvalue weighted by molar-refractivity contribution is 5.42. The minimum Gasteiger partial charge on any atom is -0.497 e. The first-order valence-corrected chi connectivity index (χ1v) is 9.76. The average molecular weight is 386 g/mol. The Labute approximate surface area is 166 Å². The van der Waals surface area contributed by atoms with Gasteiger partial charge in [-0.15, -0.1) is 0 Å². The monoisotopic (exact) mass is 386 g/mol. The number of hydrogen-bond acceptors (Lipinski definition) is 7. The Morgan fingerprint density at radius 2 is 1.82 bits per heavy atom. The van der Waals surface area contributed by atoms with E-state index in [4.69, 9.17) is 9.47 Å². The zero-order valence-electron chi connectivity index (χ0n) is 17.2. The number of piperazine rings is 1. The SMILES string of the molecule is CCc1nc(C)cc(N2CCN(CC(O)c3cc(OC)ccc3OC)CC2)n1. The van der Waals surface area contributed by atoms with Gasteiger partial charge in [0.2, 0.25) is 0 Å². The van der Waals surface area contributed by atoms with Crippen LogP contribution >= 0.6 is 0 Å². The van der Waals surface area contributed by atoms with Crippen molar-refractivity contribution in [2.45, 2.75) is 26.4 Å². The Morgan fingerprint density at radius 3 is 2.46 bits per heavy atom. The molecule has 0 amide bonds. The molecule has 1 aromatic heterocycles. The molecule has 0 radical (unpaired) electrons. The molecule has 152 valence electrons. The van der Waals surface area contributed by atoms with Crippen LogP contribution in [0.4, 0.5) is 5.82 Å². The van der Waals surface area contributed by atoms with Gasteiger partial charge in [-0.3, -0.25) is 4.90 Å². The van der Waals surface area contributed by atoms with Gasteiger partial charge in [-0.05, 0) is 25.1 Å². The van der Waals surface area contributed by atoms with Crippen molar-refractivity contribution in [3.05, 3.63) is 41.3 Å². The fourth-order valence-electron chi connectivity index (χ4n) is 3.53. The molecule has 1 aliphatic heterocycles. The fraction of sp³-hybridized carbons (Fsp3) is 0.524. The Kier molecular flexibility index (Phi) is 6.70. The number of hydrogen-bond donors (Lipinski definition) is 1. The number of methoxy groups -OCH3 is 2. The first-order chi connectivity index (χ1) is 13.5. The number of aryl methyl sites for hydroxylation is 2. The molecule has 1 atom stereocenters. The maximum atomic E-state index is 10.8. The Balaban J connectivity index is 1.62. The third-order valence-corrected chi connectivity index (χ3v) is 5.13. The minimum atomic E-state index is -0.635. The summed E-state index contributed by atoms with van der Waals surface area (Å²) in [5, 5.41) is 10.8. The second-order valence-electron chi connectivity index (χ2n) is 7.05. The fourth-order valence-corrected chi connectivity index (χ4v) is 3.53. The summed E-state index contributed by atoms with van der Waals surface area (Å²) in [7, 11) is 3.24. The van der Waals surface area contributed by atoms with E-state index in [1.165, 1.54) is 0 Å². The lowest BCUT2D eigenvalue weighted by Crippen LogP contribution is -2.48. The summed E-state index contributed by atoms with van der Waals surface area (Å²) in [5.74, 6) is 3.28. The number of aliphatic hydroxyl groups is 1. The number of anilines is 1. The van der Waals surface area contributed by atoms with Crippen LogP contribution in [0.15, 0.2) is 24.3 Å². The smallest absolute Gasteiger partial charge is 0.132 e. The number of nitrogens with zero attached hydrogens (tertiary/aromatic N) is 4. The lowest BCUT2D eigenvalue weighted by Gasteiger charge is -2.36. The van der Waals surface area contributed by atoms with Gasteiger partial charge in [0.15, 0.2) is 0 Å². The minimum absolute atomic E-state index is 0.556. The number of rotatable bonds is 7. The number of aromatic nitrogens is 2. The van der Waals surface area contributed by atoms with Gasteiger partial charge in [-0.2, -0.15) is 0 Å². The molecule has 1 N–H and O–H groups in total. The summed E-state index contributed by atoms with van der Waals surface area (Å²) in [6.07, 6.45) is 0.202. The predicted molar refractivity (Wildman–Crippen MR) is 109 cm³/mol. The van der Waals surface area contributed by atoms with Crippen LogP contribution in [0.5, 0.6) is 11.5 Å². The van der Waals surface area contributed by atoms with E-state index in [0.29, 0.717) is 18.0 Å². The van der Waals surface area contributed by atoms with Gasteiger partial charge >= 0.3 is 0 Å². The second kappa shape index (κ2) is 9.21. The molecule has 1 unspecified atom stereocenters. The molecule has 2 heterocycles. The van der Waals surface area contributed by atoms with Crippen LogP contribution in [0.2, 0.25) is 0 Å². The first-order valence-electron chi connectivity index (χ1n) is 9.76. The van der Waals surface area contributed by atoms with Crippen molar-refractivity contribution < 1.29 is 14.6 Å². The molecule has 7 nitrogen and oxygen atoms in total. The maximum Gasteiger partial charge on any atom is 0.132 e. The van der Waals surface area contributed by atoms with Crippen LogP contribution in [-0.4, -0.2) is 66.9 Å². The van der Waals surface area contributed by atoms with E-state index in [1.807, 2.05) is 31.2 Å². The molecule has 0 spiro atoms. The Morgan fingerprint density at radius 1 is 1.07 bits per heavy atom. The summed E-state index contributed by atoms with van der Waals surface area (Å²) < 4.78 is 10.7. The van der Waals surface area contributed by atoms with E-state index in [-0.39, 0.29) is 0 Å². The van der Waals surface area contributed by atoms with E-state index >= 15 is 0 Å². The number of ether oxygens (including phenoxy) is 2. The van der Waals surface area contributed by atoms with Gasteiger partial charge < -0.3 is 19.5 Å². The van der Waals surface area contributed by atoms with Crippen LogP contribution < -0.4 is 14.4 Å². The largest absolute Gasteiger partial charge is 0.497 e. The molecule has 3 rings (SSSR count). The van der Waals surface area contributed by atoms with Crippen molar-refractivity contribution in [3.8, 4) is 11.5 Å². The molecule has 0 saturated carbocycles. The molecule has 1 saturated heterocycles. The maximum absolute atomic E-state index is 10.8. The molecule has 28 heavy (non-hydrogen) atoms. The number of benzene rings is 1. The van der Waals surface area contributed by atoms with Gasteiger partial charge in [-0.1, -0.05) is 6.92 Å². The third-order valence-electron chi connectivity index (χ3n) is 5.13. The highest BCUT2D eigenvalue weighted by Crippen LogP contribution is 2.30. The van der Waals surface area contributed by atoms with E-state index in [0.717, 1.165) is 55.5 Å². The lowest BCUT2D eigenvalue weighted by molar-refractivity contribution is 0.107. The average Bonchev–Trinajstić information content (AvgIpc) is 2.73. The highest BCUT2D eigenvalue weighted by atomic mass is 16.5. The van der Waals surface area contributed by atoms with Crippen molar-refractivity contribution in [2.24, 2.45) is 0 Å². The zero-order valence-corrected chi connectivity index (χ0v) is 17.2. The highest BCUT2D eigenvalue weighted by Gasteiger charge is 2.23. The van der Waals surface area contributed by atoms with E-state index in [9.17, 15) is 5.11 Å². The quantitative estimate of drug-likeness (QED) is 0.782. The standard InChI is InChI=1S/C21H30N4O3/c1-5-20-22-15(2)12-21(23-20)25-10-8-24(9-11-25)14-18(26)17-13-16(27-3)6-7-19(17)28-4/h6-7,12-13,18,26H,5,8-11,14H2,1-4H3. The van der Waals surface area contributed by atoms with Crippen molar-refractivity contribution in [2.75, 3.05) is 51.8 Å². The van der Waals surface area contributed by atoms with Crippen molar-refractivity contribution in [1.29, 1.82) is 0 Å². The van der Waals surface area contributed by atoms with Crippen molar-refractivity contribution >= 4 is 5.82 Å². The third kappa shape index (κ3) is 4.72. The summed E-state index contributed by atoms with van der Waals surface area (Å²) in [4.78, 5) is 13.7. The van der Waals surface area contributed by atoms with E-state index < -0.39 is 6.10 Å². The topological polar surface area (TPSA) is 71.0 Å². The summed E-state index contributed by atoms with van der Waals surface area (Å²) in [6, 6.07) is 7.56. The summed E-state index contributed by atoms with van der Waals surface area (Å²) >= 11 is 0. The molecule has 7 heteroatoms. The summed E-state index contributed by atoms with van der Waals surface area (Å²) in [5.41, 5.74) is 1.76. The molecule has 1 fully saturated rings. The molecule has 0 aliphatic carbocycles. The number of β-amino-alcohol motifs (C(OH)–C–C–N with tert-alkyl or cyclic N) is 1.